The van der Waals surface area contributed by atoms with Crippen LogP contribution in [-0.4, -0.2) is 22.9 Å². The number of anilines is 2. The summed E-state index contributed by atoms with van der Waals surface area (Å²) < 4.78 is 5.65. The summed E-state index contributed by atoms with van der Waals surface area (Å²) in [5.41, 5.74) is 1.93. The van der Waals surface area contributed by atoms with Gasteiger partial charge < -0.3 is 15.4 Å². The molecule has 4 rings (SSSR count). The Morgan fingerprint density at radius 3 is 2.88 bits per heavy atom. The smallest absolute Gasteiger partial charge is 0.266 e. The van der Waals surface area contributed by atoms with E-state index in [2.05, 4.69) is 15.6 Å². The number of pyridine rings is 1. The topological polar surface area (TPSA) is 80.3 Å². The summed E-state index contributed by atoms with van der Waals surface area (Å²) in [4.78, 5) is 28.8. The molecule has 1 aromatic heterocycles. The van der Waals surface area contributed by atoms with E-state index in [1.165, 1.54) is 0 Å². The molecule has 0 saturated carbocycles. The average Bonchev–Trinajstić information content (AvgIpc) is 2.63. The Kier molecular flexibility index (Phi) is 3.78. The third-order valence-corrected chi connectivity index (χ3v) is 3.98. The second-order valence-corrected chi connectivity index (χ2v) is 5.72. The van der Waals surface area contributed by atoms with Crippen LogP contribution in [-0.2, 0) is 9.59 Å². The predicted octanol–water partition coefficient (Wildman–Crippen LogP) is 2.96. The van der Waals surface area contributed by atoms with Gasteiger partial charge in [-0.25, -0.2) is 0 Å². The molecule has 0 bridgehead atoms. The van der Waals surface area contributed by atoms with Gasteiger partial charge in [-0.1, -0.05) is 30.3 Å². The van der Waals surface area contributed by atoms with Crippen molar-refractivity contribution in [2.24, 2.45) is 0 Å². The van der Waals surface area contributed by atoms with Crippen molar-refractivity contribution >= 4 is 34.1 Å². The standard InChI is InChI=1S/C19H15N3O3/c23-17(21-14-8-3-5-12-6-4-10-20-18(12)14)11-16-19(24)22-13-7-1-2-9-15(13)25-16/h1-10,16H,11H2,(H,21,23)(H,22,24). The normalized spacial score (nSPS) is 15.8. The van der Waals surface area contributed by atoms with Gasteiger partial charge in [0.25, 0.3) is 5.91 Å². The minimum atomic E-state index is -0.863. The second-order valence-electron chi connectivity index (χ2n) is 5.72. The van der Waals surface area contributed by atoms with Crippen LogP contribution < -0.4 is 15.4 Å². The molecule has 0 fully saturated rings. The van der Waals surface area contributed by atoms with E-state index in [0.717, 1.165) is 5.39 Å². The highest BCUT2D eigenvalue weighted by atomic mass is 16.5. The number of nitrogens with zero attached hydrogens (tertiary/aromatic N) is 1. The molecule has 1 unspecified atom stereocenters. The fraction of sp³-hybridized carbons (Fsp3) is 0.105. The number of para-hydroxylation sites is 3. The van der Waals surface area contributed by atoms with Crippen LogP contribution in [0.2, 0.25) is 0 Å². The van der Waals surface area contributed by atoms with Gasteiger partial charge in [-0.15, -0.1) is 0 Å². The summed E-state index contributed by atoms with van der Waals surface area (Å²) in [5, 5.41) is 6.50. The largest absolute Gasteiger partial charge is 0.478 e. The quantitative estimate of drug-likeness (QED) is 0.772. The third-order valence-electron chi connectivity index (χ3n) is 3.98. The highest BCUT2D eigenvalue weighted by molar-refractivity contribution is 6.04. The highest BCUT2D eigenvalue weighted by Gasteiger charge is 2.29. The average molecular weight is 333 g/mol. The molecule has 1 aliphatic heterocycles. The van der Waals surface area contributed by atoms with Crippen molar-refractivity contribution in [3.63, 3.8) is 0 Å². The van der Waals surface area contributed by atoms with E-state index < -0.39 is 6.10 Å². The molecule has 2 aromatic carbocycles. The molecular formula is C19H15N3O3. The number of benzene rings is 2. The zero-order chi connectivity index (χ0) is 17.2. The Bertz CT molecular complexity index is 966. The summed E-state index contributed by atoms with van der Waals surface area (Å²) in [6, 6.07) is 16.5. The van der Waals surface area contributed by atoms with Crippen LogP contribution in [0, 0.1) is 0 Å². The number of hydrogen-bond donors (Lipinski definition) is 2. The molecule has 2 N–H and O–H groups in total. The minimum absolute atomic E-state index is 0.0800. The molecular weight excluding hydrogens is 318 g/mol. The summed E-state index contributed by atoms with van der Waals surface area (Å²) in [7, 11) is 0. The summed E-state index contributed by atoms with van der Waals surface area (Å²) in [5.74, 6) is -0.0747. The predicted molar refractivity (Wildman–Crippen MR) is 94.5 cm³/mol. The second kappa shape index (κ2) is 6.24. The fourth-order valence-corrected chi connectivity index (χ4v) is 2.80. The van der Waals surface area contributed by atoms with Gasteiger partial charge in [0.15, 0.2) is 6.10 Å². The van der Waals surface area contributed by atoms with E-state index in [9.17, 15) is 9.59 Å². The zero-order valence-electron chi connectivity index (χ0n) is 13.2. The molecule has 124 valence electrons. The lowest BCUT2D eigenvalue weighted by molar-refractivity contribution is -0.128. The van der Waals surface area contributed by atoms with Gasteiger partial charge in [-0.05, 0) is 24.3 Å². The van der Waals surface area contributed by atoms with Gasteiger partial charge in [0.05, 0.1) is 23.3 Å². The lowest BCUT2D eigenvalue weighted by Crippen LogP contribution is -2.39. The molecule has 2 amide bonds. The van der Waals surface area contributed by atoms with Crippen molar-refractivity contribution in [3.05, 3.63) is 60.8 Å². The molecule has 0 saturated heterocycles. The lowest BCUT2D eigenvalue weighted by Gasteiger charge is -2.25. The first-order chi connectivity index (χ1) is 12.2. The maximum absolute atomic E-state index is 12.4. The van der Waals surface area contributed by atoms with Crippen molar-refractivity contribution in [2.45, 2.75) is 12.5 Å². The molecule has 1 atom stereocenters. The zero-order valence-corrected chi connectivity index (χ0v) is 13.2. The van der Waals surface area contributed by atoms with Crippen molar-refractivity contribution in [2.75, 3.05) is 10.6 Å². The Morgan fingerprint density at radius 1 is 1.12 bits per heavy atom. The van der Waals surface area contributed by atoms with Crippen molar-refractivity contribution in [1.29, 1.82) is 0 Å². The highest BCUT2D eigenvalue weighted by Crippen LogP contribution is 2.30. The number of carbonyl (C=O) groups excluding carboxylic acids is 2. The van der Waals surface area contributed by atoms with E-state index in [0.29, 0.717) is 22.6 Å². The maximum atomic E-state index is 12.4. The Hall–Kier alpha value is -3.41. The van der Waals surface area contributed by atoms with E-state index in [1.807, 2.05) is 36.4 Å². The lowest BCUT2D eigenvalue weighted by atomic mass is 10.1. The van der Waals surface area contributed by atoms with Gasteiger partial charge in [0, 0.05) is 11.6 Å². The van der Waals surface area contributed by atoms with Gasteiger partial charge in [0.1, 0.15) is 5.75 Å². The van der Waals surface area contributed by atoms with Crippen LogP contribution >= 0.6 is 0 Å². The first kappa shape index (κ1) is 15.1. The summed E-state index contributed by atoms with van der Waals surface area (Å²) in [6.07, 6.45) is 0.730. The number of hydrogen-bond acceptors (Lipinski definition) is 4. The number of carbonyl (C=O) groups is 2. The van der Waals surface area contributed by atoms with Gasteiger partial charge >= 0.3 is 0 Å². The first-order valence-electron chi connectivity index (χ1n) is 7.91. The summed E-state index contributed by atoms with van der Waals surface area (Å²) in [6.45, 7) is 0. The van der Waals surface area contributed by atoms with Gasteiger partial charge in [-0.3, -0.25) is 14.6 Å². The van der Waals surface area contributed by atoms with E-state index in [1.54, 1.807) is 24.4 Å². The van der Waals surface area contributed by atoms with Crippen molar-refractivity contribution in [1.82, 2.24) is 4.98 Å². The van der Waals surface area contributed by atoms with Crippen molar-refractivity contribution in [3.8, 4) is 5.75 Å². The minimum Gasteiger partial charge on any atom is -0.478 e. The van der Waals surface area contributed by atoms with Crippen molar-refractivity contribution < 1.29 is 14.3 Å². The monoisotopic (exact) mass is 333 g/mol. The number of rotatable bonds is 3. The Labute approximate surface area is 143 Å². The SMILES string of the molecule is O=C(CC1Oc2ccccc2NC1=O)Nc1cccc2cccnc12. The third kappa shape index (κ3) is 3.01. The molecule has 6 nitrogen and oxygen atoms in total. The van der Waals surface area contributed by atoms with E-state index >= 15 is 0 Å². The summed E-state index contributed by atoms with van der Waals surface area (Å²) >= 11 is 0. The van der Waals surface area contributed by atoms with E-state index in [4.69, 9.17) is 4.74 Å². The van der Waals surface area contributed by atoms with Crippen LogP contribution in [0.1, 0.15) is 6.42 Å². The number of amides is 2. The van der Waals surface area contributed by atoms with Crippen LogP contribution in [0.25, 0.3) is 10.9 Å². The van der Waals surface area contributed by atoms with Crippen LogP contribution in [0.3, 0.4) is 0 Å². The van der Waals surface area contributed by atoms with Crippen LogP contribution in [0.4, 0.5) is 11.4 Å². The molecule has 6 heteroatoms. The van der Waals surface area contributed by atoms with Gasteiger partial charge in [0.2, 0.25) is 5.91 Å². The van der Waals surface area contributed by atoms with Crippen LogP contribution in [0.15, 0.2) is 60.8 Å². The molecule has 25 heavy (non-hydrogen) atoms. The van der Waals surface area contributed by atoms with Gasteiger partial charge in [-0.2, -0.15) is 0 Å². The fourth-order valence-electron chi connectivity index (χ4n) is 2.80. The molecule has 2 heterocycles. The van der Waals surface area contributed by atoms with Crippen LogP contribution in [0.5, 0.6) is 5.75 Å². The number of ether oxygens (including phenoxy) is 1. The molecule has 0 aliphatic carbocycles. The molecule has 0 spiro atoms. The first-order valence-corrected chi connectivity index (χ1v) is 7.91. The maximum Gasteiger partial charge on any atom is 0.266 e. The molecule has 3 aromatic rings. The number of nitrogens with one attached hydrogen (secondary N) is 2. The Balaban J connectivity index is 1.50. The Morgan fingerprint density at radius 2 is 1.96 bits per heavy atom. The number of aromatic nitrogens is 1. The number of fused-ring (bicyclic) bond motifs is 2. The van der Waals surface area contributed by atoms with E-state index in [-0.39, 0.29) is 18.2 Å². The molecule has 1 aliphatic rings. The molecule has 0 radical (unpaired) electrons.